The molecule has 1 aromatic heterocycles. The van der Waals surface area contributed by atoms with E-state index < -0.39 is 18.4 Å². The summed E-state index contributed by atoms with van der Waals surface area (Å²) < 4.78 is 6.82. The molecule has 0 spiro atoms. The number of rotatable bonds is 8. The van der Waals surface area contributed by atoms with Crippen LogP contribution in [0.5, 0.6) is 17.5 Å². The Morgan fingerprint density at radius 2 is 1.57 bits per heavy atom. The number of nitriles is 1. The number of carbonyl (C=O) groups excluding carboxylic acids is 2. The standard InChI is InChI=1S/C28H24N4O5/c1-2-3-14-32-27(35)23-13-10-21(15-24(23)28(32)36)26(34)31-30-25(33)17-37-22-11-8-20(9-12-22)19-6-4-18(16-29)5-7-19/h4-13,15,35-36H,2-3,14,17H2,1H3. The molecule has 0 saturated heterocycles. The van der Waals surface area contributed by atoms with Crippen LogP contribution in [0.15, 0.2) is 77.0 Å². The molecule has 0 fully saturated rings. The summed E-state index contributed by atoms with van der Waals surface area (Å²) in [6.45, 7) is 2.04. The van der Waals surface area contributed by atoms with Crippen molar-refractivity contribution in [2.45, 2.75) is 26.3 Å². The fourth-order valence-corrected chi connectivity index (χ4v) is 3.79. The molecule has 0 radical (unpaired) electrons. The molecule has 4 rings (SSSR count). The minimum atomic E-state index is -0.762. The van der Waals surface area contributed by atoms with Crippen LogP contribution in [-0.4, -0.2) is 33.2 Å². The molecule has 0 atom stereocenters. The van der Waals surface area contributed by atoms with Crippen LogP contribution in [0.1, 0.15) is 35.7 Å². The molecule has 0 bridgehead atoms. The van der Waals surface area contributed by atoms with Gasteiger partial charge >= 0.3 is 5.91 Å². The number of hydrogen-bond donors (Lipinski definition) is 2. The Morgan fingerprint density at radius 1 is 0.919 bits per heavy atom. The molecule has 0 aliphatic rings. The van der Waals surface area contributed by atoms with Gasteiger partial charge in [-0.3, -0.25) is 14.2 Å². The summed E-state index contributed by atoms with van der Waals surface area (Å²) in [5.74, 6) is -1.26. The van der Waals surface area contributed by atoms with Crippen molar-refractivity contribution in [3.8, 4) is 34.7 Å². The van der Waals surface area contributed by atoms with Crippen molar-refractivity contribution in [3.05, 3.63) is 77.9 Å². The number of hydrogen-bond acceptors (Lipinski definition) is 6. The molecule has 2 amide bonds. The zero-order chi connectivity index (χ0) is 26.4. The van der Waals surface area contributed by atoms with Crippen LogP contribution in [0.4, 0.5) is 0 Å². The molecule has 0 aliphatic carbocycles. The molecule has 9 heteroatoms. The van der Waals surface area contributed by atoms with Crippen LogP contribution in [-0.2, 0) is 11.3 Å². The third kappa shape index (κ3) is 5.65. The first-order chi connectivity index (χ1) is 17.9. The molecular weight excluding hydrogens is 472 g/mol. The van der Waals surface area contributed by atoms with E-state index >= 15 is 0 Å². The van der Waals surface area contributed by atoms with Gasteiger partial charge in [0.05, 0.1) is 11.6 Å². The van der Waals surface area contributed by atoms with Gasteiger partial charge in [0.15, 0.2) is 6.61 Å². The molecule has 37 heavy (non-hydrogen) atoms. The number of unbranched alkanes of at least 4 members (excludes halogenated alkanes) is 1. The largest absolute Gasteiger partial charge is 0.494 e. The first-order valence-corrected chi connectivity index (χ1v) is 11.7. The second-order valence-corrected chi connectivity index (χ2v) is 8.31. The van der Waals surface area contributed by atoms with E-state index in [4.69, 9.17) is 10.00 Å². The maximum atomic E-state index is 12.4. The van der Waals surface area contributed by atoms with Crippen LogP contribution in [0.2, 0.25) is 0 Å². The van der Waals surface area contributed by atoms with E-state index in [1.165, 1.54) is 22.8 Å². The lowest BCUT2D eigenvalue weighted by atomic mass is 10.0. The summed E-state index contributed by atoms with van der Waals surface area (Å²) in [4.78, 5) is 24.5. The van der Waals surface area contributed by atoms with Gasteiger partial charge in [-0.2, -0.15) is 5.26 Å². The van der Waals surface area contributed by atoms with Crippen molar-refractivity contribution in [1.29, 1.82) is 5.26 Å². The number of aromatic hydroxyl groups is 2. The van der Waals surface area contributed by atoms with E-state index in [1.54, 1.807) is 24.3 Å². The van der Waals surface area contributed by atoms with Crippen molar-refractivity contribution in [1.82, 2.24) is 4.57 Å². The number of carbonyl (C=O) groups is 2. The van der Waals surface area contributed by atoms with E-state index in [0.29, 0.717) is 28.6 Å². The van der Waals surface area contributed by atoms with E-state index in [-0.39, 0.29) is 17.3 Å². The molecule has 9 nitrogen and oxygen atoms in total. The number of benzene rings is 3. The Hall–Kier alpha value is -4.97. The summed E-state index contributed by atoms with van der Waals surface area (Å²) in [5, 5.41) is 37.3. The third-order valence-electron chi connectivity index (χ3n) is 5.81. The van der Waals surface area contributed by atoms with Crippen molar-refractivity contribution in [2.75, 3.05) is 6.61 Å². The average molecular weight is 497 g/mol. The first-order valence-electron chi connectivity index (χ1n) is 11.7. The quantitative estimate of drug-likeness (QED) is 0.305. The lowest BCUT2D eigenvalue weighted by Crippen LogP contribution is -2.08. The van der Waals surface area contributed by atoms with Crippen molar-refractivity contribution >= 4 is 22.6 Å². The van der Waals surface area contributed by atoms with Crippen LogP contribution < -0.4 is 4.74 Å². The summed E-state index contributed by atoms with van der Waals surface area (Å²) in [6.07, 6.45) is 1.66. The van der Waals surface area contributed by atoms with E-state index in [2.05, 4.69) is 16.3 Å². The molecule has 3 aromatic carbocycles. The Kier molecular flexibility index (Phi) is 7.59. The molecular formula is C28H24N4O5. The molecule has 0 aliphatic heterocycles. The Balaban J connectivity index is 1.36. The lowest BCUT2D eigenvalue weighted by molar-refractivity contribution is -0.120. The third-order valence-corrected chi connectivity index (χ3v) is 5.81. The Morgan fingerprint density at radius 3 is 2.22 bits per heavy atom. The van der Waals surface area contributed by atoms with Gasteiger partial charge in [-0.15, -0.1) is 10.2 Å². The lowest BCUT2D eigenvalue weighted by Gasteiger charge is -2.05. The van der Waals surface area contributed by atoms with Gasteiger partial charge in [-0.25, -0.2) is 0 Å². The highest BCUT2D eigenvalue weighted by molar-refractivity contribution is 6.02. The summed E-state index contributed by atoms with van der Waals surface area (Å²) in [6, 6.07) is 20.7. The Labute approximate surface area is 212 Å². The highest BCUT2D eigenvalue weighted by Crippen LogP contribution is 2.37. The maximum Gasteiger partial charge on any atom is 0.302 e. The van der Waals surface area contributed by atoms with E-state index in [1.807, 2.05) is 31.2 Å². The molecule has 2 N–H and O–H groups in total. The van der Waals surface area contributed by atoms with Crippen LogP contribution in [0.3, 0.4) is 0 Å². The number of fused-ring (bicyclic) bond motifs is 1. The zero-order valence-corrected chi connectivity index (χ0v) is 20.1. The van der Waals surface area contributed by atoms with Gasteiger partial charge < -0.3 is 14.9 Å². The van der Waals surface area contributed by atoms with Crippen LogP contribution in [0.25, 0.3) is 21.9 Å². The Bertz CT molecular complexity index is 1510. The predicted molar refractivity (Wildman–Crippen MR) is 136 cm³/mol. The highest BCUT2D eigenvalue weighted by atomic mass is 16.5. The molecule has 1 heterocycles. The fraction of sp³-hybridized carbons (Fsp3) is 0.179. The van der Waals surface area contributed by atoms with Crippen LogP contribution >= 0.6 is 0 Å². The second-order valence-electron chi connectivity index (χ2n) is 8.31. The average Bonchev–Trinajstić information content (AvgIpc) is 3.17. The van der Waals surface area contributed by atoms with Gasteiger partial charge in [-0.05, 0) is 60.0 Å². The minimum absolute atomic E-state index is 0.0705. The first kappa shape index (κ1) is 25.1. The number of aromatic nitrogens is 1. The summed E-state index contributed by atoms with van der Waals surface area (Å²) in [5.41, 5.74) is 2.55. The van der Waals surface area contributed by atoms with Crippen molar-refractivity contribution in [3.63, 3.8) is 0 Å². The summed E-state index contributed by atoms with van der Waals surface area (Å²) in [7, 11) is 0. The van der Waals surface area contributed by atoms with Gasteiger partial charge in [0, 0.05) is 22.9 Å². The number of azo groups is 1. The highest BCUT2D eigenvalue weighted by Gasteiger charge is 2.17. The van der Waals surface area contributed by atoms with Gasteiger partial charge in [0.1, 0.15) is 5.75 Å². The van der Waals surface area contributed by atoms with E-state index in [9.17, 15) is 19.8 Å². The number of nitrogens with zero attached hydrogens (tertiary/aromatic N) is 4. The van der Waals surface area contributed by atoms with Crippen LogP contribution in [0, 0.1) is 11.3 Å². The van der Waals surface area contributed by atoms with Gasteiger partial charge in [-0.1, -0.05) is 37.6 Å². The fourth-order valence-electron chi connectivity index (χ4n) is 3.79. The molecule has 186 valence electrons. The maximum absolute atomic E-state index is 12.4. The minimum Gasteiger partial charge on any atom is -0.494 e. The monoisotopic (exact) mass is 496 g/mol. The zero-order valence-electron chi connectivity index (χ0n) is 20.1. The SMILES string of the molecule is CCCCn1c(O)c2ccc(C(=O)N=NC(=O)COc3ccc(-c4ccc(C#N)cc4)cc3)cc2c1O. The van der Waals surface area contributed by atoms with Crippen molar-refractivity contribution < 1.29 is 24.5 Å². The number of amides is 2. The summed E-state index contributed by atoms with van der Waals surface area (Å²) >= 11 is 0. The van der Waals surface area contributed by atoms with E-state index in [0.717, 1.165) is 24.0 Å². The predicted octanol–water partition coefficient (Wildman–Crippen LogP) is 5.59. The second kappa shape index (κ2) is 11.2. The van der Waals surface area contributed by atoms with Gasteiger partial charge in [0.2, 0.25) is 11.8 Å². The smallest absolute Gasteiger partial charge is 0.302 e. The van der Waals surface area contributed by atoms with Crippen molar-refractivity contribution in [2.24, 2.45) is 10.2 Å². The topological polar surface area (TPSA) is 137 Å². The molecule has 0 unspecified atom stereocenters. The van der Waals surface area contributed by atoms with Gasteiger partial charge in [0.25, 0.3) is 5.91 Å². The molecule has 4 aromatic rings. The molecule has 0 saturated carbocycles. The normalized spacial score (nSPS) is 11.0. The number of ether oxygens (including phenoxy) is 1.